The van der Waals surface area contributed by atoms with Gasteiger partial charge in [0.05, 0.1) is 8.07 Å². The highest BCUT2D eigenvalue weighted by atomic mass is 28.3. The van der Waals surface area contributed by atoms with Crippen molar-refractivity contribution in [3.63, 3.8) is 0 Å². The van der Waals surface area contributed by atoms with Crippen molar-refractivity contribution >= 4 is 14.0 Å². The summed E-state index contributed by atoms with van der Waals surface area (Å²) in [5.41, 5.74) is 0. The fraction of sp³-hybridized carbons (Fsp3) is 0.833. The molecule has 0 spiro atoms. The third kappa shape index (κ3) is 7.69. The number of carbonyl (C=O) groups excluding carboxylic acids is 1. The predicted octanol–water partition coefficient (Wildman–Crippen LogP) is 1.000. The Hall–Kier alpha value is -0.313. The first kappa shape index (κ1) is 8.69. The van der Waals surface area contributed by atoms with Crippen LogP contribution in [0, 0.1) is 0 Å². The summed E-state index contributed by atoms with van der Waals surface area (Å²) in [4.78, 5) is 10.4. The molecule has 0 aromatic carbocycles. The van der Waals surface area contributed by atoms with Gasteiger partial charge in [-0.2, -0.15) is 0 Å². The molecule has 0 aliphatic heterocycles. The van der Waals surface area contributed by atoms with Crippen molar-refractivity contribution < 1.29 is 4.79 Å². The Morgan fingerprint density at radius 3 is 2.00 bits per heavy atom. The Bertz CT molecular complexity index is 106. The minimum atomic E-state index is -1.05. The van der Waals surface area contributed by atoms with Crippen LogP contribution in [0.25, 0.3) is 0 Å². The lowest BCUT2D eigenvalue weighted by Gasteiger charge is -2.14. The van der Waals surface area contributed by atoms with Crippen LogP contribution in [0.4, 0.5) is 0 Å². The lowest BCUT2D eigenvalue weighted by molar-refractivity contribution is -0.118. The molecular weight excluding hydrogens is 130 g/mol. The molecule has 9 heavy (non-hydrogen) atoms. The standard InChI is InChI=1S/C6H15NOSi/c1-6(8)7-5-9(2,3)4/h5H2,1-4H3,(H,7,8). The Morgan fingerprint density at radius 2 is 1.89 bits per heavy atom. The summed E-state index contributed by atoms with van der Waals surface area (Å²) in [6, 6.07) is 0. The van der Waals surface area contributed by atoms with Crippen molar-refractivity contribution in [3.8, 4) is 0 Å². The summed E-state index contributed by atoms with van der Waals surface area (Å²) in [6.45, 7) is 8.23. The largest absolute Gasteiger partial charge is 0.359 e. The average Bonchev–Trinajstić information content (AvgIpc) is 1.59. The topological polar surface area (TPSA) is 29.1 Å². The summed E-state index contributed by atoms with van der Waals surface area (Å²) in [6.07, 6.45) is 0.891. The zero-order chi connectivity index (χ0) is 7.49. The molecule has 0 fully saturated rings. The van der Waals surface area contributed by atoms with Gasteiger partial charge in [-0.25, -0.2) is 0 Å². The van der Waals surface area contributed by atoms with Crippen LogP contribution in [-0.2, 0) is 4.79 Å². The first-order chi connectivity index (χ1) is 3.92. The smallest absolute Gasteiger partial charge is 0.216 e. The van der Waals surface area contributed by atoms with Gasteiger partial charge in [0.1, 0.15) is 0 Å². The molecule has 0 saturated heterocycles. The maximum absolute atomic E-state index is 10.4. The monoisotopic (exact) mass is 145 g/mol. The second-order valence-corrected chi connectivity index (χ2v) is 8.95. The van der Waals surface area contributed by atoms with Crippen molar-refractivity contribution in [1.82, 2.24) is 5.32 Å². The van der Waals surface area contributed by atoms with Gasteiger partial charge in [-0.15, -0.1) is 0 Å². The van der Waals surface area contributed by atoms with E-state index in [1.165, 1.54) is 0 Å². The molecule has 0 atom stereocenters. The molecule has 3 heteroatoms. The van der Waals surface area contributed by atoms with E-state index in [0.29, 0.717) is 0 Å². The van der Waals surface area contributed by atoms with E-state index in [2.05, 4.69) is 25.0 Å². The number of hydrogen-bond donors (Lipinski definition) is 1. The molecule has 0 unspecified atom stereocenters. The molecule has 2 nitrogen and oxygen atoms in total. The zero-order valence-corrected chi connectivity index (χ0v) is 7.62. The molecule has 0 aliphatic rings. The normalized spacial score (nSPS) is 11.1. The molecule has 1 N–H and O–H groups in total. The molecule has 0 radical (unpaired) electrons. The maximum atomic E-state index is 10.4. The number of carbonyl (C=O) groups is 1. The van der Waals surface area contributed by atoms with Gasteiger partial charge in [0, 0.05) is 13.1 Å². The van der Waals surface area contributed by atoms with E-state index >= 15 is 0 Å². The van der Waals surface area contributed by atoms with E-state index in [9.17, 15) is 4.79 Å². The van der Waals surface area contributed by atoms with Crippen LogP contribution in [0.15, 0.2) is 0 Å². The number of hydrogen-bond acceptors (Lipinski definition) is 1. The molecular formula is C6H15NOSi. The van der Waals surface area contributed by atoms with E-state index in [-0.39, 0.29) is 5.91 Å². The highest BCUT2D eigenvalue weighted by Gasteiger charge is 2.12. The van der Waals surface area contributed by atoms with Gasteiger partial charge in [0.15, 0.2) is 0 Å². The first-order valence-electron chi connectivity index (χ1n) is 3.16. The van der Waals surface area contributed by atoms with E-state index < -0.39 is 8.07 Å². The van der Waals surface area contributed by atoms with Crippen molar-refractivity contribution in [2.45, 2.75) is 26.6 Å². The Kier molecular flexibility index (Phi) is 2.90. The minimum Gasteiger partial charge on any atom is -0.359 e. The van der Waals surface area contributed by atoms with E-state index in [4.69, 9.17) is 0 Å². The van der Waals surface area contributed by atoms with Crippen LogP contribution in [0.2, 0.25) is 19.6 Å². The minimum absolute atomic E-state index is 0.0809. The predicted molar refractivity (Wildman–Crippen MR) is 42.0 cm³/mol. The van der Waals surface area contributed by atoms with E-state index in [0.717, 1.165) is 6.17 Å². The van der Waals surface area contributed by atoms with Crippen molar-refractivity contribution in [3.05, 3.63) is 0 Å². The summed E-state index contributed by atoms with van der Waals surface area (Å²) >= 11 is 0. The highest BCUT2D eigenvalue weighted by molar-refractivity contribution is 6.76. The fourth-order valence-corrected chi connectivity index (χ4v) is 1.17. The number of rotatable bonds is 2. The summed E-state index contributed by atoms with van der Waals surface area (Å²) in [7, 11) is -1.05. The van der Waals surface area contributed by atoms with E-state index in [1.54, 1.807) is 6.92 Å². The highest BCUT2D eigenvalue weighted by Crippen LogP contribution is 1.96. The van der Waals surface area contributed by atoms with Crippen LogP contribution in [-0.4, -0.2) is 20.1 Å². The molecule has 1 amide bonds. The number of amides is 1. The van der Waals surface area contributed by atoms with Gasteiger partial charge >= 0.3 is 0 Å². The Labute approximate surface area is 57.7 Å². The van der Waals surface area contributed by atoms with Crippen molar-refractivity contribution in [2.75, 3.05) is 6.17 Å². The third-order valence-corrected chi connectivity index (χ3v) is 2.11. The fourth-order valence-electron chi connectivity index (χ4n) is 0.390. The lowest BCUT2D eigenvalue weighted by atomic mass is 10.7. The van der Waals surface area contributed by atoms with Gasteiger partial charge in [-0.05, 0) is 0 Å². The van der Waals surface area contributed by atoms with Gasteiger partial charge in [-0.3, -0.25) is 4.79 Å². The molecule has 0 aliphatic carbocycles. The third-order valence-electron chi connectivity index (χ3n) is 0.868. The van der Waals surface area contributed by atoms with Gasteiger partial charge in [-0.1, -0.05) is 19.6 Å². The lowest BCUT2D eigenvalue weighted by Crippen LogP contribution is -2.38. The first-order valence-corrected chi connectivity index (χ1v) is 6.87. The second-order valence-electron chi connectivity index (χ2n) is 3.47. The second kappa shape index (κ2) is 3.01. The quantitative estimate of drug-likeness (QED) is 0.577. The van der Waals surface area contributed by atoms with Crippen LogP contribution in [0.3, 0.4) is 0 Å². The van der Waals surface area contributed by atoms with Gasteiger partial charge in [0.25, 0.3) is 0 Å². The Morgan fingerprint density at radius 1 is 1.44 bits per heavy atom. The molecule has 0 aromatic rings. The SMILES string of the molecule is CC(=O)NC[Si](C)(C)C. The van der Waals surface area contributed by atoms with Crippen molar-refractivity contribution in [2.24, 2.45) is 0 Å². The van der Waals surface area contributed by atoms with Gasteiger partial charge < -0.3 is 5.32 Å². The molecule has 0 aromatic heterocycles. The summed E-state index contributed by atoms with van der Waals surface area (Å²) in [5, 5.41) is 2.81. The summed E-state index contributed by atoms with van der Waals surface area (Å²) < 4.78 is 0. The number of nitrogens with one attached hydrogen (secondary N) is 1. The van der Waals surface area contributed by atoms with Crippen molar-refractivity contribution in [1.29, 1.82) is 0 Å². The van der Waals surface area contributed by atoms with Gasteiger partial charge in [0.2, 0.25) is 5.91 Å². The van der Waals surface area contributed by atoms with Crippen LogP contribution < -0.4 is 5.32 Å². The van der Waals surface area contributed by atoms with Crippen LogP contribution in [0.5, 0.6) is 0 Å². The average molecular weight is 145 g/mol. The molecule has 0 saturated carbocycles. The zero-order valence-electron chi connectivity index (χ0n) is 6.62. The Balaban J connectivity index is 3.39. The molecule has 0 heterocycles. The van der Waals surface area contributed by atoms with Crippen LogP contribution in [0.1, 0.15) is 6.92 Å². The molecule has 54 valence electrons. The summed E-state index contributed by atoms with van der Waals surface area (Å²) in [5.74, 6) is 0.0809. The van der Waals surface area contributed by atoms with Crippen LogP contribution >= 0.6 is 0 Å². The molecule has 0 bridgehead atoms. The maximum Gasteiger partial charge on any atom is 0.216 e. The van der Waals surface area contributed by atoms with E-state index in [1.807, 2.05) is 0 Å². The molecule has 0 rings (SSSR count).